The number of ether oxygens (including phenoxy) is 2. The van der Waals surface area contributed by atoms with Crippen molar-refractivity contribution in [3.63, 3.8) is 0 Å². The van der Waals surface area contributed by atoms with Gasteiger partial charge in [0.25, 0.3) is 0 Å². The van der Waals surface area contributed by atoms with Gasteiger partial charge in [0.05, 0.1) is 25.3 Å². The number of anilines is 1. The smallest absolute Gasteiger partial charge is 0.338 e. The molecule has 0 radical (unpaired) electrons. The second-order valence-corrected chi connectivity index (χ2v) is 8.78. The first kappa shape index (κ1) is 25.2. The number of benzene rings is 2. The van der Waals surface area contributed by atoms with Crippen molar-refractivity contribution in [1.82, 2.24) is 15.5 Å². The molecule has 2 aliphatic heterocycles. The van der Waals surface area contributed by atoms with E-state index in [-0.39, 0.29) is 18.4 Å². The Morgan fingerprint density at radius 3 is 2.25 bits per heavy atom. The lowest BCUT2D eigenvalue weighted by Crippen LogP contribution is -2.51. The molecular weight excluding hydrogens is 460 g/mol. The van der Waals surface area contributed by atoms with Gasteiger partial charge in [0.2, 0.25) is 0 Å². The lowest BCUT2D eigenvalue weighted by molar-refractivity contribution is -0.139. The molecule has 2 amide bonds. The lowest BCUT2D eigenvalue weighted by Gasteiger charge is -2.38. The molecule has 9 heteroatoms. The Morgan fingerprint density at radius 1 is 1.00 bits per heavy atom. The fourth-order valence-electron chi connectivity index (χ4n) is 4.53. The standard InChI is InChI=1S/C27H32N4O5/c1-4-36-26(33)24-23(28-27(34)29-25(24)20-7-11-22(35-3)12-8-20)17-30-13-15-31(16-14-30)21-9-5-19(6-10-21)18(2)32/h5-12,25H,4,13-17H2,1-3H3,(H2,28,29,34). The third-order valence-electron chi connectivity index (χ3n) is 6.49. The molecule has 1 atom stereocenters. The maximum absolute atomic E-state index is 13.0. The van der Waals surface area contributed by atoms with Gasteiger partial charge in [0.15, 0.2) is 5.78 Å². The minimum atomic E-state index is -0.625. The van der Waals surface area contributed by atoms with Crippen LogP contribution in [0.2, 0.25) is 0 Å². The summed E-state index contributed by atoms with van der Waals surface area (Å²) in [5.41, 5.74) is 3.50. The molecule has 2 aromatic carbocycles. The summed E-state index contributed by atoms with van der Waals surface area (Å²) in [7, 11) is 1.59. The van der Waals surface area contributed by atoms with Crippen LogP contribution < -0.4 is 20.3 Å². The van der Waals surface area contributed by atoms with Crippen molar-refractivity contribution in [2.24, 2.45) is 0 Å². The summed E-state index contributed by atoms with van der Waals surface area (Å²) in [6, 6.07) is 13.9. The Labute approximate surface area is 211 Å². The van der Waals surface area contributed by atoms with E-state index >= 15 is 0 Å². The molecule has 0 aromatic heterocycles. The summed E-state index contributed by atoms with van der Waals surface area (Å²) in [5.74, 6) is 0.286. The van der Waals surface area contributed by atoms with Crippen molar-refractivity contribution >= 4 is 23.5 Å². The summed E-state index contributed by atoms with van der Waals surface area (Å²) >= 11 is 0. The van der Waals surface area contributed by atoms with Gasteiger partial charge in [-0.1, -0.05) is 12.1 Å². The van der Waals surface area contributed by atoms with E-state index in [1.807, 2.05) is 36.4 Å². The number of esters is 1. The van der Waals surface area contributed by atoms with Crippen LogP contribution in [0.3, 0.4) is 0 Å². The van der Waals surface area contributed by atoms with Crippen molar-refractivity contribution in [2.45, 2.75) is 19.9 Å². The van der Waals surface area contributed by atoms with Crippen LogP contribution in [0.4, 0.5) is 10.5 Å². The van der Waals surface area contributed by atoms with Crippen molar-refractivity contribution in [3.05, 3.63) is 70.9 Å². The normalized spacial score (nSPS) is 18.4. The van der Waals surface area contributed by atoms with Crippen molar-refractivity contribution < 1.29 is 23.9 Å². The van der Waals surface area contributed by atoms with E-state index in [0.717, 1.165) is 37.4 Å². The molecule has 0 aliphatic carbocycles. The monoisotopic (exact) mass is 492 g/mol. The molecule has 2 N–H and O–H groups in total. The first-order valence-corrected chi connectivity index (χ1v) is 12.1. The highest BCUT2D eigenvalue weighted by molar-refractivity contribution is 5.95. The lowest BCUT2D eigenvalue weighted by atomic mass is 9.94. The van der Waals surface area contributed by atoms with E-state index in [4.69, 9.17) is 9.47 Å². The summed E-state index contributed by atoms with van der Waals surface area (Å²) in [4.78, 5) is 41.6. The predicted molar refractivity (Wildman–Crippen MR) is 136 cm³/mol. The highest BCUT2D eigenvalue weighted by Crippen LogP contribution is 2.29. The van der Waals surface area contributed by atoms with Crippen molar-refractivity contribution in [1.29, 1.82) is 0 Å². The molecule has 190 valence electrons. The first-order valence-electron chi connectivity index (χ1n) is 12.1. The highest BCUT2D eigenvalue weighted by atomic mass is 16.5. The van der Waals surface area contributed by atoms with Gasteiger partial charge in [-0.2, -0.15) is 0 Å². The van der Waals surface area contributed by atoms with Crippen LogP contribution in [0, 0.1) is 0 Å². The molecule has 2 aromatic rings. The van der Waals surface area contributed by atoms with Gasteiger partial charge in [-0.25, -0.2) is 9.59 Å². The fraction of sp³-hybridized carbons (Fsp3) is 0.370. The Bertz CT molecular complexity index is 1140. The van der Waals surface area contributed by atoms with E-state index in [1.165, 1.54) is 0 Å². The Morgan fingerprint density at radius 2 is 1.67 bits per heavy atom. The van der Waals surface area contributed by atoms with Crippen molar-refractivity contribution in [2.75, 3.05) is 51.3 Å². The molecule has 36 heavy (non-hydrogen) atoms. The number of rotatable bonds is 8. The Kier molecular flexibility index (Phi) is 7.90. The van der Waals surface area contributed by atoms with Gasteiger partial charge in [0, 0.05) is 49.7 Å². The molecule has 1 fully saturated rings. The number of ketones is 1. The average molecular weight is 493 g/mol. The number of carbonyl (C=O) groups is 3. The molecule has 0 saturated carbocycles. The maximum Gasteiger partial charge on any atom is 0.338 e. The molecule has 0 bridgehead atoms. The predicted octanol–water partition coefficient (Wildman–Crippen LogP) is 2.89. The summed E-state index contributed by atoms with van der Waals surface area (Å²) in [6.45, 7) is 7.06. The summed E-state index contributed by atoms with van der Waals surface area (Å²) in [5, 5.41) is 5.72. The zero-order valence-electron chi connectivity index (χ0n) is 20.9. The quantitative estimate of drug-likeness (QED) is 0.432. The summed E-state index contributed by atoms with van der Waals surface area (Å²) in [6.07, 6.45) is 0. The number of urea groups is 1. The Balaban J connectivity index is 1.52. The number of nitrogens with one attached hydrogen (secondary N) is 2. The number of carbonyl (C=O) groups excluding carboxylic acids is 3. The van der Waals surface area contributed by atoms with E-state index in [9.17, 15) is 14.4 Å². The second kappa shape index (κ2) is 11.3. The number of hydrogen-bond acceptors (Lipinski definition) is 7. The molecule has 2 heterocycles. The third-order valence-corrected chi connectivity index (χ3v) is 6.49. The van der Waals surface area contributed by atoms with Crippen LogP contribution in [0.1, 0.15) is 35.8 Å². The van der Waals surface area contributed by atoms with Gasteiger partial charge in [-0.3, -0.25) is 9.69 Å². The summed E-state index contributed by atoms with van der Waals surface area (Å²) < 4.78 is 10.6. The number of amides is 2. The molecule has 2 aliphatic rings. The van der Waals surface area contributed by atoms with Crippen LogP contribution in [0.15, 0.2) is 59.8 Å². The van der Waals surface area contributed by atoms with Crippen LogP contribution in [-0.2, 0) is 9.53 Å². The minimum Gasteiger partial charge on any atom is -0.497 e. The van der Waals surface area contributed by atoms with Gasteiger partial charge >= 0.3 is 12.0 Å². The van der Waals surface area contributed by atoms with Gasteiger partial charge in [-0.15, -0.1) is 0 Å². The number of piperazine rings is 1. The molecule has 9 nitrogen and oxygen atoms in total. The average Bonchev–Trinajstić information content (AvgIpc) is 2.89. The number of Topliss-reactive ketones (excluding diaryl/α,β-unsaturated/α-hetero) is 1. The number of nitrogens with zero attached hydrogens (tertiary/aromatic N) is 2. The second-order valence-electron chi connectivity index (χ2n) is 8.78. The van der Waals surface area contributed by atoms with Gasteiger partial charge in [0.1, 0.15) is 5.75 Å². The molecule has 4 rings (SSSR count). The van der Waals surface area contributed by atoms with E-state index in [0.29, 0.717) is 29.1 Å². The maximum atomic E-state index is 13.0. The van der Waals surface area contributed by atoms with Crippen LogP contribution in [0.25, 0.3) is 0 Å². The number of methoxy groups -OCH3 is 1. The zero-order valence-corrected chi connectivity index (χ0v) is 20.9. The largest absolute Gasteiger partial charge is 0.497 e. The van der Waals surface area contributed by atoms with Crippen LogP contribution >= 0.6 is 0 Å². The number of hydrogen-bond donors (Lipinski definition) is 2. The third kappa shape index (κ3) is 5.68. The topological polar surface area (TPSA) is 100 Å². The zero-order chi connectivity index (χ0) is 25.7. The van der Waals surface area contributed by atoms with E-state index in [2.05, 4.69) is 20.4 Å². The van der Waals surface area contributed by atoms with E-state index in [1.54, 1.807) is 33.1 Å². The van der Waals surface area contributed by atoms with Gasteiger partial charge < -0.3 is 25.0 Å². The molecule has 1 unspecified atom stereocenters. The minimum absolute atomic E-state index is 0.0500. The highest BCUT2D eigenvalue weighted by Gasteiger charge is 2.34. The molecule has 1 saturated heterocycles. The molecular formula is C27H32N4O5. The van der Waals surface area contributed by atoms with Crippen molar-refractivity contribution in [3.8, 4) is 5.75 Å². The first-order chi connectivity index (χ1) is 17.4. The SMILES string of the molecule is CCOC(=O)C1=C(CN2CCN(c3ccc(C(C)=O)cc3)CC2)NC(=O)NC1c1ccc(OC)cc1. The van der Waals surface area contributed by atoms with Gasteiger partial charge in [-0.05, 0) is 55.8 Å². The fourth-order valence-corrected chi connectivity index (χ4v) is 4.53. The van der Waals surface area contributed by atoms with Crippen LogP contribution in [-0.4, -0.2) is 69.1 Å². The van der Waals surface area contributed by atoms with E-state index < -0.39 is 12.0 Å². The van der Waals surface area contributed by atoms with Crippen LogP contribution in [0.5, 0.6) is 5.75 Å². The molecule has 0 spiro atoms. The Hall–Kier alpha value is -3.85.